The Balaban J connectivity index is 1.51. The number of rotatable bonds is 10. The summed E-state index contributed by atoms with van der Waals surface area (Å²) in [6.07, 6.45) is -6.73. The fourth-order valence-electron chi connectivity index (χ4n) is 5.11. The molecule has 43 heavy (non-hydrogen) atoms. The number of hydrogen-bond donors (Lipinski definition) is 2. The number of carbonyl (C=O) groups excluding carboxylic acids is 2. The molecule has 0 bridgehead atoms. The first-order valence-corrected chi connectivity index (χ1v) is 14.4. The second-order valence-corrected chi connectivity index (χ2v) is 11.3. The Bertz CT molecular complexity index is 1380. The quantitative estimate of drug-likeness (QED) is 0.300. The summed E-state index contributed by atoms with van der Waals surface area (Å²) in [5.74, 6) is -0.969. The first-order valence-electron chi connectivity index (χ1n) is 14.4. The third-order valence-corrected chi connectivity index (χ3v) is 7.59. The van der Waals surface area contributed by atoms with Crippen LogP contribution in [0.3, 0.4) is 0 Å². The molecule has 3 atom stereocenters. The van der Waals surface area contributed by atoms with Gasteiger partial charge in [-0.3, -0.25) is 14.5 Å². The lowest BCUT2D eigenvalue weighted by Crippen LogP contribution is -2.49. The second-order valence-electron chi connectivity index (χ2n) is 11.3. The number of carbonyl (C=O) groups is 2. The molecule has 1 aliphatic rings. The first kappa shape index (κ1) is 32.0. The van der Waals surface area contributed by atoms with Gasteiger partial charge in [-0.2, -0.15) is 13.2 Å². The fourth-order valence-corrected chi connectivity index (χ4v) is 5.11. The van der Waals surface area contributed by atoms with E-state index in [1.165, 1.54) is 12.1 Å². The van der Waals surface area contributed by atoms with Crippen molar-refractivity contribution in [3.8, 4) is 16.9 Å². The van der Waals surface area contributed by atoms with E-state index in [9.17, 15) is 27.9 Å². The molecule has 0 radical (unpaired) electrons. The van der Waals surface area contributed by atoms with Crippen molar-refractivity contribution in [2.45, 2.75) is 51.6 Å². The normalized spacial score (nSPS) is 18.0. The van der Waals surface area contributed by atoms with Gasteiger partial charge in [0.05, 0.1) is 24.6 Å². The van der Waals surface area contributed by atoms with Crippen LogP contribution in [0.4, 0.5) is 18.9 Å². The van der Waals surface area contributed by atoms with Crippen LogP contribution in [0.1, 0.15) is 42.6 Å². The smallest absolute Gasteiger partial charge is 0.389 e. The van der Waals surface area contributed by atoms with E-state index in [2.05, 4.69) is 46.6 Å². The summed E-state index contributed by atoms with van der Waals surface area (Å²) >= 11 is 0. The van der Waals surface area contributed by atoms with Gasteiger partial charge in [0, 0.05) is 37.7 Å². The van der Waals surface area contributed by atoms with Gasteiger partial charge in [-0.05, 0) is 48.9 Å². The van der Waals surface area contributed by atoms with Gasteiger partial charge in [0.1, 0.15) is 11.9 Å². The maximum absolute atomic E-state index is 13.6. The van der Waals surface area contributed by atoms with Crippen LogP contribution in [-0.2, 0) is 11.3 Å². The van der Waals surface area contributed by atoms with Crippen LogP contribution in [0.25, 0.3) is 11.1 Å². The number of aliphatic hydroxyl groups is 1. The van der Waals surface area contributed by atoms with Crippen molar-refractivity contribution in [2.75, 3.05) is 32.1 Å². The third kappa shape index (κ3) is 8.81. The van der Waals surface area contributed by atoms with Gasteiger partial charge in [0.2, 0.25) is 5.91 Å². The lowest BCUT2D eigenvalue weighted by atomic mass is 9.99. The highest BCUT2D eigenvalue weighted by Crippen LogP contribution is 2.31. The highest BCUT2D eigenvalue weighted by atomic mass is 19.4. The maximum Gasteiger partial charge on any atom is 0.389 e. The van der Waals surface area contributed by atoms with Gasteiger partial charge in [0.15, 0.2) is 0 Å². The molecule has 0 aliphatic carbocycles. The minimum Gasteiger partial charge on any atom is -0.488 e. The number of likely N-dealkylation sites (N-methyl/N-ethyl adjacent to an activating group) is 1. The number of alkyl halides is 3. The molecule has 0 saturated heterocycles. The zero-order valence-corrected chi connectivity index (χ0v) is 24.6. The summed E-state index contributed by atoms with van der Waals surface area (Å²) in [6, 6.07) is 22.6. The van der Waals surface area contributed by atoms with Crippen LogP contribution in [0.5, 0.6) is 5.75 Å². The van der Waals surface area contributed by atoms with E-state index in [4.69, 9.17) is 4.74 Å². The van der Waals surface area contributed by atoms with Gasteiger partial charge in [-0.15, -0.1) is 0 Å². The molecule has 3 aromatic carbocycles. The Morgan fingerprint density at radius 3 is 2.42 bits per heavy atom. The first-order chi connectivity index (χ1) is 20.4. The van der Waals surface area contributed by atoms with Gasteiger partial charge in [-0.25, -0.2) is 0 Å². The molecule has 230 valence electrons. The molecule has 0 saturated carbocycles. The Kier molecular flexibility index (Phi) is 10.5. The molecule has 7 nitrogen and oxygen atoms in total. The van der Waals surface area contributed by atoms with Gasteiger partial charge < -0.3 is 20.1 Å². The standard InChI is InChI=1S/C33H38F3N3O4/c1-22-18-39(23(2)21-40)32(42)28-17-27(37-31(41)15-16-33(34,35)36)13-14-29(28)43-30(22)20-38(3)19-24-9-11-26(12-10-24)25-7-5-4-6-8-25/h4-14,17,22-23,30,40H,15-16,18-21H2,1-3H3,(H,37,41)/t22-,23+,30+/m1/s1. The molecule has 1 heterocycles. The van der Waals surface area contributed by atoms with Crippen LogP contribution in [0.15, 0.2) is 72.8 Å². The Hall–Kier alpha value is -3.89. The number of anilines is 1. The van der Waals surface area contributed by atoms with E-state index in [1.54, 1.807) is 17.9 Å². The summed E-state index contributed by atoms with van der Waals surface area (Å²) < 4.78 is 44.1. The molecule has 10 heteroatoms. The van der Waals surface area contributed by atoms with Crippen molar-refractivity contribution < 1.29 is 32.6 Å². The third-order valence-electron chi connectivity index (χ3n) is 7.59. The fraction of sp³-hybridized carbons (Fsp3) is 0.394. The molecule has 0 aromatic heterocycles. The van der Waals surface area contributed by atoms with E-state index in [1.807, 2.05) is 32.2 Å². The highest BCUT2D eigenvalue weighted by Gasteiger charge is 2.34. The number of fused-ring (bicyclic) bond motifs is 1. The molecule has 2 N–H and O–H groups in total. The molecule has 0 unspecified atom stereocenters. The number of amides is 2. The van der Waals surface area contributed by atoms with E-state index in [0.717, 1.165) is 16.7 Å². The van der Waals surface area contributed by atoms with Crippen molar-refractivity contribution in [1.29, 1.82) is 0 Å². The van der Waals surface area contributed by atoms with E-state index in [0.29, 0.717) is 25.4 Å². The SMILES string of the molecule is C[C@@H]1CN([C@@H](C)CO)C(=O)c2cc(NC(=O)CCC(F)(F)F)ccc2O[C@H]1CN(C)Cc1ccc(-c2ccccc2)cc1. The molecule has 0 fully saturated rings. The number of aliphatic hydroxyl groups excluding tert-OH is 1. The Labute approximate surface area is 250 Å². The molecule has 2 amide bonds. The minimum atomic E-state index is -4.45. The van der Waals surface area contributed by atoms with Crippen molar-refractivity contribution in [3.63, 3.8) is 0 Å². The number of benzene rings is 3. The summed E-state index contributed by atoms with van der Waals surface area (Å²) in [4.78, 5) is 29.5. The number of halogens is 3. The highest BCUT2D eigenvalue weighted by molar-refractivity contribution is 5.99. The molecule has 4 rings (SSSR count). The second kappa shape index (κ2) is 14.1. The van der Waals surface area contributed by atoms with Crippen LogP contribution >= 0.6 is 0 Å². The lowest BCUT2D eigenvalue weighted by molar-refractivity contribution is -0.142. The zero-order valence-electron chi connectivity index (χ0n) is 24.6. The molecular formula is C33H38F3N3O4. The van der Waals surface area contributed by atoms with Crippen LogP contribution in [0.2, 0.25) is 0 Å². The minimum absolute atomic E-state index is 0.0873. The summed E-state index contributed by atoms with van der Waals surface area (Å²) in [5.41, 5.74) is 3.79. The van der Waals surface area contributed by atoms with E-state index >= 15 is 0 Å². The maximum atomic E-state index is 13.6. The topological polar surface area (TPSA) is 82.1 Å². The van der Waals surface area contributed by atoms with Crippen LogP contribution in [-0.4, -0.2) is 71.8 Å². The summed E-state index contributed by atoms with van der Waals surface area (Å²) in [6.45, 7) is 5.05. The number of ether oxygens (including phenoxy) is 1. The van der Waals surface area contributed by atoms with Gasteiger partial charge in [-0.1, -0.05) is 61.5 Å². The van der Waals surface area contributed by atoms with Crippen molar-refractivity contribution in [1.82, 2.24) is 9.80 Å². The van der Waals surface area contributed by atoms with Crippen molar-refractivity contribution in [3.05, 3.63) is 83.9 Å². The van der Waals surface area contributed by atoms with E-state index < -0.39 is 31.0 Å². The number of nitrogens with zero attached hydrogens (tertiary/aromatic N) is 2. The van der Waals surface area contributed by atoms with Gasteiger partial charge in [0.25, 0.3) is 5.91 Å². The average Bonchev–Trinajstić information content (AvgIpc) is 2.98. The molecule has 0 spiro atoms. The predicted molar refractivity (Wildman–Crippen MR) is 160 cm³/mol. The monoisotopic (exact) mass is 597 g/mol. The van der Waals surface area contributed by atoms with Gasteiger partial charge >= 0.3 is 6.18 Å². The number of nitrogens with one attached hydrogen (secondary N) is 1. The van der Waals surface area contributed by atoms with Crippen LogP contribution < -0.4 is 10.1 Å². The summed E-state index contributed by atoms with van der Waals surface area (Å²) in [5, 5.41) is 12.3. The number of hydrogen-bond acceptors (Lipinski definition) is 5. The van der Waals surface area contributed by atoms with Crippen molar-refractivity contribution in [2.24, 2.45) is 5.92 Å². The Morgan fingerprint density at radius 2 is 1.77 bits per heavy atom. The Morgan fingerprint density at radius 1 is 1.09 bits per heavy atom. The molecule has 3 aromatic rings. The lowest BCUT2D eigenvalue weighted by Gasteiger charge is -2.38. The van der Waals surface area contributed by atoms with Crippen LogP contribution in [0, 0.1) is 5.92 Å². The van der Waals surface area contributed by atoms with Crippen molar-refractivity contribution >= 4 is 17.5 Å². The zero-order chi connectivity index (χ0) is 31.1. The average molecular weight is 598 g/mol. The molecule has 1 aliphatic heterocycles. The van der Waals surface area contributed by atoms with E-state index in [-0.39, 0.29) is 35.8 Å². The predicted octanol–water partition coefficient (Wildman–Crippen LogP) is 5.99. The summed E-state index contributed by atoms with van der Waals surface area (Å²) in [7, 11) is 2.00. The molecular weight excluding hydrogens is 559 g/mol. The largest absolute Gasteiger partial charge is 0.488 e.